The fourth-order valence-electron chi connectivity index (χ4n) is 3.93. The molecule has 0 spiro atoms. The lowest BCUT2D eigenvalue weighted by atomic mass is 10.1. The topological polar surface area (TPSA) is 106 Å². The summed E-state index contributed by atoms with van der Waals surface area (Å²) in [6, 6.07) is 19.5. The molecule has 4 rings (SSSR count). The Kier molecular flexibility index (Phi) is 8.27. The van der Waals surface area contributed by atoms with Crippen LogP contribution in [0.2, 0.25) is 0 Å². The Morgan fingerprint density at radius 2 is 1.79 bits per heavy atom. The number of rotatable bonds is 10. The highest BCUT2D eigenvalue weighted by Crippen LogP contribution is 2.30. The summed E-state index contributed by atoms with van der Waals surface area (Å²) in [6.45, 7) is 4.24. The van der Waals surface area contributed by atoms with Crippen molar-refractivity contribution in [1.82, 2.24) is 10.2 Å². The fourth-order valence-corrected chi connectivity index (χ4v) is 3.93. The molecule has 0 aromatic heterocycles. The Morgan fingerprint density at radius 3 is 2.55 bits per heavy atom. The number of hydrogen-bond acceptors (Lipinski definition) is 6. The molecule has 9 heteroatoms. The first-order valence-electron chi connectivity index (χ1n) is 12.1. The summed E-state index contributed by atoms with van der Waals surface area (Å²) in [7, 11) is 1.49. The van der Waals surface area contributed by atoms with Crippen molar-refractivity contribution in [3.63, 3.8) is 0 Å². The number of carbonyl (C=O) groups excluding carboxylic acids is 3. The van der Waals surface area contributed by atoms with Crippen LogP contribution in [-0.2, 0) is 16.2 Å². The van der Waals surface area contributed by atoms with Crippen molar-refractivity contribution in [2.24, 2.45) is 0 Å². The van der Waals surface area contributed by atoms with Crippen molar-refractivity contribution in [3.8, 4) is 17.2 Å². The van der Waals surface area contributed by atoms with Gasteiger partial charge < -0.3 is 24.8 Å². The molecule has 3 aromatic rings. The molecule has 1 aliphatic rings. The predicted molar refractivity (Wildman–Crippen MR) is 143 cm³/mol. The van der Waals surface area contributed by atoms with E-state index < -0.39 is 24.4 Å². The number of imide groups is 1. The molecular formula is C29H29N3O6. The van der Waals surface area contributed by atoms with E-state index >= 15 is 0 Å². The average molecular weight is 516 g/mol. The molecule has 3 aromatic carbocycles. The van der Waals surface area contributed by atoms with Gasteiger partial charge in [0.2, 0.25) is 5.91 Å². The zero-order valence-electron chi connectivity index (χ0n) is 21.4. The highest BCUT2D eigenvalue weighted by Gasteiger charge is 2.35. The fraction of sp³-hybridized carbons (Fsp3) is 0.207. The van der Waals surface area contributed by atoms with Crippen LogP contribution in [0, 0.1) is 6.92 Å². The summed E-state index contributed by atoms with van der Waals surface area (Å²) in [5.41, 5.74) is 3.30. The molecule has 2 N–H and O–H groups in total. The molecule has 4 amide bonds. The van der Waals surface area contributed by atoms with Crippen LogP contribution in [0.3, 0.4) is 0 Å². The largest absolute Gasteiger partial charge is 0.495 e. The van der Waals surface area contributed by atoms with E-state index in [4.69, 9.17) is 14.2 Å². The van der Waals surface area contributed by atoms with Crippen molar-refractivity contribution in [2.75, 3.05) is 25.6 Å². The lowest BCUT2D eigenvalue weighted by molar-refractivity contribution is -0.127. The van der Waals surface area contributed by atoms with Crippen molar-refractivity contribution < 1.29 is 28.6 Å². The molecular weight excluding hydrogens is 486 g/mol. The molecule has 0 saturated carbocycles. The van der Waals surface area contributed by atoms with Gasteiger partial charge in [-0.15, -0.1) is 0 Å². The Bertz CT molecular complexity index is 1380. The Hall–Kier alpha value is -4.79. The maximum absolute atomic E-state index is 12.9. The zero-order chi connectivity index (χ0) is 27.1. The quantitative estimate of drug-likeness (QED) is 0.304. The molecule has 0 unspecified atom stereocenters. The molecule has 0 atom stereocenters. The minimum atomic E-state index is -0.681. The van der Waals surface area contributed by atoms with Crippen molar-refractivity contribution in [2.45, 2.75) is 20.5 Å². The van der Waals surface area contributed by atoms with Gasteiger partial charge in [0.1, 0.15) is 24.6 Å². The molecule has 0 radical (unpaired) electrons. The van der Waals surface area contributed by atoms with E-state index in [0.717, 1.165) is 16.0 Å². The second kappa shape index (κ2) is 12.0. The minimum Gasteiger partial charge on any atom is -0.495 e. The van der Waals surface area contributed by atoms with Crippen LogP contribution < -0.4 is 24.8 Å². The molecule has 0 bridgehead atoms. The van der Waals surface area contributed by atoms with E-state index in [1.165, 1.54) is 13.2 Å². The maximum atomic E-state index is 12.9. The van der Waals surface area contributed by atoms with E-state index in [1.807, 2.05) is 32.0 Å². The van der Waals surface area contributed by atoms with Gasteiger partial charge in [0.15, 0.2) is 11.5 Å². The first-order valence-corrected chi connectivity index (χ1v) is 12.1. The summed E-state index contributed by atoms with van der Waals surface area (Å²) in [4.78, 5) is 38.8. The Labute approximate surface area is 221 Å². The number of nitrogens with one attached hydrogen (secondary N) is 2. The van der Waals surface area contributed by atoms with Gasteiger partial charge in [-0.2, -0.15) is 0 Å². The number of anilines is 1. The van der Waals surface area contributed by atoms with Crippen LogP contribution in [0.25, 0.3) is 6.08 Å². The van der Waals surface area contributed by atoms with Gasteiger partial charge in [-0.25, -0.2) is 9.69 Å². The number of ether oxygens (including phenoxy) is 3. The monoisotopic (exact) mass is 515 g/mol. The second-order valence-corrected chi connectivity index (χ2v) is 8.54. The third-order valence-electron chi connectivity index (χ3n) is 5.70. The van der Waals surface area contributed by atoms with Crippen molar-refractivity contribution >= 4 is 29.6 Å². The van der Waals surface area contributed by atoms with Gasteiger partial charge >= 0.3 is 6.03 Å². The minimum absolute atomic E-state index is 0.0518. The van der Waals surface area contributed by atoms with Crippen molar-refractivity contribution in [3.05, 3.63) is 89.1 Å². The number of urea groups is 1. The number of nitrogens with zero attached hydrogens (tertiary/aromatic N) is 1. The SMILES string of the molecule is CCOc1cc(/C=C2/NC(=O)N(CC(=O)Nc3ccccc3OC)C2=O)ccc1OCc1cccc(C)c1. The summed E-state index contributed by atoms with van der Waals surface area (Å²) >= 11 is 0. The number of para-hydroxylation sites is 2. The third-order valence-corrected chi connectivity index (χ3v) is 5.70. The molecule has 1 aliphatic heterocycles. The first kappa shape index (κ1) is 26.3. The number of carbonyl (C=O) groups is 3. The second-order valence-electron chi connectivity index (χ2n) is 8.54. The van der Waals surface area contributed by atoms with Crippen LogP contribution >= 0.6 is 0 Å². The molecule has 1 fully saturated rings. The number of hydrogen-bond donors (Lipinski definition) is 2. The predicted octanol–water partition coefficient (Wildman–Crippen LogP) is 4.51. The average Bonchev–Trinajstić information content (AvgIpc) is 3.16. The lowest BCUT2D eigenvalue weighted by Crippen LogP contribution is -2.38. The van der Waals surface area contributed by atoms with Gasteiger partial charge in [-0.1, -0.05) is 48.0 Å². The first-order chi connectivity index (χ1) is 18.4. The van der Waals surface area contributed by atoms with E-state index in [1.54, 1.807) is 42.5 Å². The smallest absolute Gasteiger partial charge is 0.329 e. The van der Waals surface area contributed by atoms with Gasteiger partial charge in [0, 0.05) is 0 Å². The highest BCUT2D eigenvalue weighted by molar-refractivity contribution is 6.16. The van der Waals surface area contributed by atoms with Gasteiger partial charge in [-0.3, -0.25) is 9.59 Å². The van der Waals surface area contributed by atoms with Crippen LogP contribution in [-0.4, -0.2) is 43.0 Å². The van der Waals surface area contributed by atoms with Gasteiger partial charge in [-0.05, 0) is 55.3 Å². The molecule has 1 heterocycles. The molecule has 0 aliphatic carbocycles. The zero-order valence-corrected chi connectivity index (χ0v) is 21.4. The summed E-state index contributed by atoms with van der Waals surface area (Å²) in [5.74, 6) is 0.400. The van der Waals surface area contributed by atoms with Crippen molar-refractivity contribution in [1.29, 1.82) is 0 Å². The van der Waals surface area contributed by atoms with E-state index in [9.17, 15) is 14.4 Å². The Morgan fingerprint density at radius 1 is 0.974 bits per heavy atom. The normalized spacial score (nSPS) is 13.9. The number of amides is 4. The number of methoxy groups -OCH3 is 1. The Balaban J connectivity index is 1.45. The maximum Gasteiger partial charge on any atom is 0.329 e. The van der Waals surface area contributed by atoms with E-state index in [-0.39, 0.29) is 5.70 Å². The highest BCUT2D eigenvalue weighted by atomic mass is 16.5. The van der Waals surface area contributed by atoms with Crippen LogP contribution in [0.15, 0.2) is 72.4 Å². The van der Waals surface area contributed by atoms with Crippen LogP contribution in [0.1, 0.15) is 23.6 Å². The standard InChI is InChI=1S/C29H29N3O6/c1-4-37-26-16-20(12-13-25(26)38-18-21-9-7-8-19(2)14-21)15-23-28(34)32(29(35)31-23)17-27(33)30-22-10-5-6-11-24(22)36-3/h5-16H,4,17-18H2,1-3H3,(H,30,33)(H,31,35)/b23-15+. The molecule has 9 nitrogen and oxygen atoms in total. The molecule has 196 valence electrons. The molecule has 1 saturated heterocycles. The number of benzene rings is 3. The van der Waals surface area contributed by atoms with E-state index in [0.29, 0.717) is 41.7 Å². The lowest BCUT2D eigenvalue weighted by Gasteiger charge is -2.14. The third kappa shape index (κ3) is 6.31. The van der Waals surface area contributed by atoms with E-state index in [2.05, 4.69) is 16.7 Å². The summed E-state index contributed by atoms with van der Waals surface area (Å²) in [5, 5.41) is 5.19. The van der Waals surface area contributed by atoms with Crippen LogP contribution in [0.4, 0.5) is 10.5 Å². The number of aryl methyl sites for hydroxylation is 1. The van der Waals surface area contributed by atoms with Gasteiger partial charge in [0.05, 0.1) is 19.4 Å². The van der Waals surface area contributed by atoms with Crippen LogP contribution in [0.5, 0.6) is 17.2 Å². The molecule has 38 heavy (non-hydrogen) atoms. The summed E-state index contributed by atoms with van der Waals surface area (Å²) < 4.78 is 16.9. The van der Waals surface area contributed by atoms with Gasteiger partial charge in [0.25, 0.3) is 5.91 Å². The summed E-state index contributed by atoms with van der Waals surface area (Å²) in [6.07, 6.45) is 1.53.